The first-order chi connectivity index (χ1) is 2.56. The molecule has 0 spiro atoms. The van der Waals surface area contributed by atoms with E-state index in [4.69, 9.17) is 5.11 Å². The van der Waals surface area contributed by atoms with Gasteiger partial charge in [-0.25, -0.2) is 4.39 Å². The molecular formula is C4H10ClFO. The van der Waals surface area contributed by atoms with E-state index < -0.39 is 12.3 Å². The van der Waals surface area contributed by atoms with E-state index >= 15 is 0 Å². The lowest BCUT2D eigenvalue weighted by atomic mass is 10.2. The predicted molar refractivity (Wildman–Crippen MR) is 29.5 cm³/mol. The Balaban J connectivity index is 0. The molecule has 0 aromatic carbocycles. The van der Waals surface area contributed by atoms with Gasteiger partial charge in [-0.05, 0) is 13.8 Å². The molecule has 0 aliphatic heterocycles. The number of hydrogen-bond acceptors (Lipinski definition) is 1. The standard InChI is InChI=1S/C4H9FO.ClH/c1-4(2,6)3-5;/h6H,3H2,1-2H3;1H. The van der Waals surface area contributed by atoms with Crippen LogP contribution in [0.15, 0.2) is 0 Å². The molecule has 0 amide bonds. The lowest BCUT2D eigenvalue weighted by molar-refractivity contribution is 0.0522. The van der Waals surface area contributed by atoms with Crippen LogP contribution < -0.4 is 0 Å². The fraction of sp³-hybridized carbons (Fsp3) is 1.00. The van der Waals surface area contributed by atoms with Crippen molar-refractivity contribution >= 4 is 12.4 Å². The van der Waals surface area contributed by atoms with Crippen molar-refractivity contribution in [3.8, 4) is 0 Å². The molecular weight excluding hydrogens is 118 g/mol. The van der Waals surface area contributed by atoms with Crippen molar-refractivity contribution in [1.29, 1.82) is 0 Å². The van der Waals surface area contributed by atoms with Crippen LogP contribution in [0.3, 0.4) is 0 Å². The Bertz CT molecular complexity index is 41.4. The lowest BCUT2D eigenvalue weighted by Gasteiger charge is -2.08. The quantitative estimate of drug-likeness (QED) is 0.562. The predicted octanol–water partition coefficient (Wildman–Crippen LogP) is 1.15. The highest BCUT2D eigenvalue weighted by atomic mass is 35.5. The van der Waals surface area contributed by atoms with Gasteiger partial charge >= 0.3 is 0 Å². The Labute approximate surface area is 48.9 Å². The maximum atomic E-state index is 11.2. The molecule has 0 aliphatic carbocycles. The summed E-state index contributed by atoms with van der Waals surface area (Å²) in [5.74, 6) is 0. The third-order valence-corrected chi connectivity index (χ3v) is 0.327. The van der Waals surface area contributed by atoms with E-state index in [1.165, 1.54) is 13.8 Å². The normalized spacial score (nSPS) is 10.3. The summed E-state index contributed by atoms with van der Waals surface area (Å²) in [5, 5.41) is 8.45. The lowest BCUT2D eigenvalue weighted by Crippen LogP contribution is -2.20. The molecule has 0 rings (SSSR count). The van der Waals surface area contributed by atoms with Gasteiger partial charge in [-0.2, -0.15) is 0 Å². The van der Waals surface area contributed by atoms with Gasteiger partial charge in [0.15, 0.2) is 0 Å². The highest BCUT2D eigenvalue weighted by Gasteiger charge is 2.09. The van der Waals surface area contributed by atoms with E-state index in [0.717, 1.165) is 0 Å². The Morgan fingerprint density at radius 1 is 1.57 bits per heavy atom. The first kappa shape index (κ1) is 10.2. The number of halogens is 2. The Morgan fingerprint density at radius 3 is 1.71 bits per heavy atom. The fourth-order valence-corrected chi connectivity index (χ4v) is 0. The second-order valence-electron chi connectivity index (χ2n) is 1.95. The maximum absolute atomic E-state index is 11.2. The molecule has 0 heterocycles. The molecule has 0 aliphatic rings. The van der Waals surface area contributed by atoms with Crippen LogP contribution >= 0.6 is 12.4 Å². The van der Waals surface area contributed by atoms with E-state index in [1.54, 1.807) is 0 Å². The van der Waals surface area contributed by atoms with E-state index in [-0.39, 0.29) is 12.4 Å². The zero-order valence-electron chi connectivity index (χ0n) is 4.44. The van der Waals surface area contributed by atoms with Crippen molar-refractivity contribution in [3.05, 3.63) is 0 Å². The second-order valence-corrected chi connectivity index (χ2v) is 1.95. The molecule has 1 nitrogen and oxygen atoms in total. The van der Waals surface area contributed by atoms with Gasteiger partial charge in [0, 0.05) is 0 Å². The minimum atomic E-state index is -1.12. The highest BCUT2D eigenvalue weighted by molar-refractivity contribution is 5.85. The van der Waals surface area contributed by atoms with Gasteiger partial charge in [0.2, 0.25) is 0 Å². The molecule has 0 bridgehead atoms. The average Bonchev–Trinajstić information content (AvgIpc) is 1.35. The van der Waals surface area contributed by atoms with E-state index in [2.05, 4.69) is 0 Å². The topological polar surface area (TPSA) is 20.2 Å². The van der Waals surface area contributed by atoms with Crippen molar-refractivity contribution in [2.24, 2.45) is 0 Å². The fourth-order valence-electron chi connectivity index (χ4n) is 0. The van der Waals surface area contributed by atoms with Gasteiger partial charge in [-0.1, -0.05) is 0 Å². The molecule has 0 unspecified atom stereocenters. The van der Waals surface area contributed by atoms with Crippen LogP contribution in [0, 0.1) is 0 Å². The molecule has 0 radical (unpaired) electrons. The van der Waals surface area contributed by atoms with Crippen molar-refractivity contribution < 1.29 is 9.50 Å². The molecule has 7 heavy (non-hydrogen) atoms. The van der Waals surface area contributed by atoms with Crippen LogP contribution in [0.1, 0.15) is 13.8 Å². The van der Waals surface area contributed by atoms with Crippen molar-refractivity contribution in [2.45, 2.75) is 19.4 Å². The summed E-state index contributed by atoms with van der Waals surface area (Å²) in [4.78, 5) is 0. The van der Waals surface area contributed by atoms with E-state index in [9.17, 15) is 4.39 Å². The van der Waals surface area contributed by atoms with Gasteiger partial charge in [-0.3, -0.25) is 0 Å². The summed E-state index contributed by atoms with van der Waals surface area (Å²) >= 11 is 0. The molecule has 46 valence electrons. The average molecular weight is 129 g/mol. The summed E-state index contributed by atoms with van der Waals surface area (Å²) in [7, 11) is 0. The van der Waals surface area contributed by atoms with E-state index in [1.807, 2.05) is 0 Å². The number of rotatable bonds is 1. The summed E-state index contributed by atoms with van der Waals surface area (Å²) in [6.45, 7) is 2.17. The molecule has 0 saturated carbocycles. The highest BCUT2D eigenvalue weighted by Crippen LogP contribution is 1.98. The molecule has 0 atom stereocenters. The molecule has 1 N–H and O–H groups in total. The maximum Gasteiger partial charge on any atom is 0.118 e. The zero-order chi connectivity index (χ0) is 5.21. The summed E-state index contributed by atoms with van der Waals surface area (Å²) in [6, 6.07) is 0. The number of alkyl halides is 1. The monoisotopic (exact) mass is 128 g/mol. The minimum Gasteiger partial charge on any atom is -0.388 e. The third-order valence-electron chi connectivity index (χ3n) is 0.327. The van der Waals surface area contributed by atoms with Crippen molar-refractivity contribution in [1.82, 2.24) is 0 Å². The van der Waals surface area contributed by atoms with Crippen LogP contribution in [-0.2, 0) is 0 Å². The van der Waals surface area contributed by atoms with Crippen LogP contribution in [-0.4, -0.2) is 17.4 Å². The second kappa shape index (κ2) is 3.22. The van der Waals surface area contributed by atoms with Crippen molar-refractivity contribution in [3.63, 3.8) is 0 Å². The van der Waals surface area contributed by atoms with Gasteiger partial charge in [0.25, 0.3) is 0 Å². The van der Waals surface area contributed by atoms with Gasteiger partial charge in [-0.15, -0.1) is 12.4 Å². The molecule has 0 aromatic heterocycles. The first-order valence-electron chi connectivity index (χ1n) is 1.84. The van der Waals surface area contributed by atoms with Crippen LogP contribution in [0.4, 0.5) is 4.39 Å². The van der Waals surface area contributed by atoms with Crippen LogP contribution in [0.25, 0.3) is 0 Å². The largest absolute Gasteiger partial charge is 0.388 e. The first-order valence-corrected chi connectivity index (χ1v) is 1.84. The summed E-state index contributed by atoms with van der Waals surface area (Å²) in [5.41, 5.74) is -1.12. The van der Waals surface area contributed by atoms with Gasteiger partial charge < -0.3 is 5.11 Å². The Morgan fingerprint density at radius 2 is 1.71 bits per heavy atom. The summed E-state index contributed by atoms with van der Waals surface area (Å²) in [6.07, 6.45) is 0. The Kier molecular flexibility index (Phi) is 4.70. The molecule has 0 saturated heterocycles. The molecule has 0 aromatic rings. The third kappa shape index (κ3) is 10.7. The molecule has 0 fully saturated rings. The smallest absolute Gasteiger partial charge is 0.118 e. The van der Waals surface area contributed by atoms with Crippen LogP contribution in [0.2, 0.25) is 0 Å². The van der Waals surface area contributed by atoms with E-state index in [0.29, 0.717) is 0 Å². The number of hydrogen-bond donors (Lipinski definition) is 1. The van der Waals surface area contributed by atoms with Crippen molar-refractivity contribution in [2.75, 3.05) is 6.67 Å². The summed E-state index contributed by atoms with van der Waals surface area (Å²) < 4.78 is 11.2. The minimum absolute atomic E-state index is 0. The zero-order valence-corrected chi connectivity index (χ0v) is 5.26. The SMILES string of the molecule is CC(C)(O)CF.Cl. The van der Waals surface area contributed by atoms with Gasteiger partial charge in [0.05, 0.1) is 5.60 Å². The number of aliphatic hydroxyl groups is 1. The molecule has 3 heteroatoms. The van der Waals surface area contributed by atoms with Gasteiger partial charge in [0.1, 0.15) is 6.67 Å². The van der Waals surface area contributed by atoms with Crippen LogP contribution in [0.5, 0.6) is 0 Å². The Hall–Kier alpha value is 0.180.